The van der Waals surface area contributed by atoms with E-state index in [1.807, 2.05) is 0 Å². The first-order chi connectivity index (χ1) is 13.1. The lowest BCUT2D eigenvalue weighted by Crippen LogP contribution is -2.41. The summed E-state index contributed by atoms with van der Waals surface area (Å²) in [6.45, 7) is 14.8. The molecule has 0 N–H and O–H groups in total. The summed E-state index contributed by atoms with van der Waals surface area (Å²) in [6, 6.07) is 8.70. The molecule has 1 aromatic rings. The SMILES string of the molecule is CC1=CC(C(C)=CC=C(C)B2OC(C)(C)C(C)(C)O2)=Cc2ccccc2CC1. The molecule has 0 unspecified atom stereocenters. The zero-order valence-corrected chi connectivity index (χ0v) is 18.4. The minimum atomic E-state index is -0.308. The van der Waals surface area contributed by atoms with Gasteiger partial charge in [0, 0.05) is 0 Å². The monoisotopic (exact) mass is 376 g/mol. The molecule has 0 radical (unpaired) electrons. The topological polar surface area (TPSA) is 18.5 Å². The molecule has 1 aliphatic carbocycles. The van der Waals surface area contributed by atoms with Crippen molar-refractivity contribution in [1.82, 2.24) is 0 Å². The molecule has 3 rings (SSSR count). The number of fused-ring (bicyclic) bond motifs is 1. The first-order valence-electron chi connectivity index (χ1n) is 10.3. The zero-order valence-electron chi connectivity index (χ0n) is 18.4. The van der Waals surface area contributed by atoms with Crippen molar-refractivity contribution in [2.45, 2.75) is 72.5 Å². The molecule has 148 valence electrons. The highest BCUT2D eigenvalue weighted by Crippen LogP contribution is 2.38. The third-order valence-electron chi connectivity index (χ3n) is 6.23. The average Bonchev–Trinajstić information content (AvgIpc) is 2.84. The molecule has 1 aromatic carbocycles. The van der Waals surface area contributed by atoms with Crippen molar-refractivity contribution in [3.8, 4) is 0 Å². The van der Waals surface area contributed by atoms with Crippen molar-refractivity contribution in [2.24, 2.45) is 0 Å². The van der Waals surface area contributed by atoms with E-state index in [9.17, 15) is 0 Å². The summed E-state index contributed by atoms with van der Waals surface area (Å²) in [5.41, 5.74) is 7.14. The van der Waals surface area contributed by atoms with Gasteiger partial charge >= 0.3 is 7.12 Å². The largest absolute Gasteiger partial charge is 0.490 e. The highest BCUT2D eigenvalue weighted by molar-refractivity contribution is 6.54. The highest BCUT2D eigenvalue weighted by Gasteiger charge is 2.51. The molecular formula is C25H33BO2. The Kier molecular flexibility index (Phi) is 5.88. The van der Waals surface area contributed by atoms with Gasteiger partial charge in [-0.3, -0.25) is 0 Å². The lowest BCUT2D eigenvalue weighted by Gasteiger charge is -2.32. The molecule has 1 saturated heterocycles. The van der Waals surface area contributed by atoms with Crippen LogP contribution in [0.1, 0.15) is 66.0 Å². The summed E-state index contributed by atoms with van der Waals surface area (Å²) >= 11 is 0. The molecular weight excluding hydrogens is 343 g/mol. The predicted octanol–water partition coefficient (Wildman–Crippen LogP) is 6.49. The van der Waals surface area contributed by atoms with Crippen LogP contribution in [-0.2, 0) is 15.7 Å². The third-order valence-corrected chi connectivity index (χ3v) is 6.23. The Balaban J connectivity index is 1.86. The van der Waals surface area contributed by atoms with Gasteiger partial charge in [0.2, 0.25) is 0 Å². The molecule has 1 fully saturated rings. The van der Waals surface area contributed by atoms with E-state index in [-0.39, 0.29) is 18.3 Å². The van der Waals surface area contributed by atoms with Gasteiger partial charge in [-0.05, 0) is 95.1 Å². The maximum atomic E-state index is 6.16. The van der Waals surface area contributed by atoms with Crippen molar-refractivity contribution < 1.29 is 9.31 Å². The van der Waals surface area contributed by atoms with Gasteiger partial charge in [0.15, 0.2) is 0 Å². The van der Waals surface area contributed by atoms with E-state index in [4.69, 9.17) is 9.31 Å². The Labute approximate surface area is 171 Å². The Morgan fingerprint density at radius 3 is 2.25 bits per heavy atom. The minimum Gasteiger partial charge on any atom is -0.400 e. The zero-order chi connectivity index (χ0) is 20.5. The van der Waals surface area contributed by atoms with Crippen molar-refractivity contribution >= 4 is 13.2 Å². The maximum Gasteiger partial charge on any atom is 0.490 e. The standard InChI is InChI=1S/C25H33BO2/c1-18-12-15-21-10-8-9-11-22(21)17-23(16-18)19(2)13-14-20(3)26-27-24(4,5)25(6,7)28-26/h8-11,13-14,16-17H,12,15H2,1-7H3. The van der Waals surface area contributed by atoms with Crippen LogP contribution in [0.4, 0.5) is 0 Å². The molecule has 2 aliphatic rings. The van der Waals surface area contributed by atoms with E-state index in [0.717, 1.165) is 18.3 Å². The van der Waals surface area contributed by atoms with E-state index < -0.39 is 0 Å². The lowest BCUT2D eigenvalue weighted by molar-refractivity contribution is 0.00578. The molecule has 0 amide bonds. The third kappa shape index (κ3) is 4.42. The second-order valence-corrected chi connectivity index (χ2v) is 9.14. The van der Waals surface area contributed by atoms with Crippen LogP contribution in [0, 0.1) is 0 Å². The molecule has 28 heavy (non-hydrogen) atoms. The highest BCUT2D eigenvalue weighted by atomic mass is 16.7. The van der Waals surface area contributed by atoms with Crippen LogP contribution in [0.5, 0.6) is 0 Å². The fourth-order valence-corrected chi connectivity index (χ4v) is 3.47. The van der Waals surface area contributed by atoms with Crippen LogP contribution in [0.15, 0.2) is 64.7 Å². The lowest BCUT2D eigenvalue weighted by atomic mass is 9.79. The van der Waals surface area contributed by atoms with Crippen LogP contribution in [0.3, 0.4) is 0 Å². The molecule has 0 saturated carbocycles. The second kappa shape index (κ2) is 7.89. The van der Waals surface area contributed by atoms with E-state index >= 15 is 0 Å². The number of rotatable bonds is 3. The van der Waals surface area contributed by atoms with Crippen LogP contribution in [-0.4, -0.2) is 18.3 Å². The van der Waals surface area contributed by atoms with Crippen molar-refractivity contribution in [2.75, 3.05) is 0 Å². The second-order valence-electron chi connectivity index (χ2n) is 9.14. The van der Waals surface area contributed by atoms with Gasteiger partial charge in [0.25, 0.3) is 0 Å². The smallest absolute Gasteiger partial charge is 0.400 e. The molecule has 0 spiro atoms. The van der Waals surface area contributed by atoms with Gasteiger partial charge in [0.1, 0.15) is 0 Å². The summed E-state index contributed by atoms with van der Waals surface area (Å²) in [4.78, 5) is 0. The van der Waals surface area contributed by atoms with E-state index in [2.05, 4.69) is 97.0 Å². The molecule has 1 aliphatic heterocycles. The number of allylic oxidation sites excluding steroid dienone is 7. The van der Waals surface area contributed by atoms with Gasteiger partial charge in [-0.1, -0.05) is 48.1 Å². The van der Waals surface area contributed by atoms with Gasteiger partial charge in [0.05, 0.1) is 11.2 Å². The summed E-state index contributed by atoms with van der Waals surface area (Å²) in [5.74, 6) is 0. The predicted molar refractivity (Wildman–Crippen MR) is 120 cm³/mol. The van der Waals surface area contributed by atoms with Crippen molar-refractivity contribution in [3.05, 3.63) is 75.8 Å². The Morgan fingerprint density at radius 2 is 1.57 bits per heavy atom. The van der Waals surface area contributed by atoms with Gasteiger partial charge in [-0.2, -0.15) is 0 Å². The molecule has 0 atom stereocenters. The van der Waals surface area contributed by atoms with Crippen LogP contribution in [0.25, 0.3) is 6.08 Å². The molecule has 3 heteroatoms. The van der Waals surface area contributed by atoms with Crippen LogP contribution >= 0.6 is 0 Å². The van der Waals surface area contributed by atoms with E-state index in [1.165, 1.54) is 27.8 Å². The summed E-state index contributed by atoms with van der Waals surface area (Å²) < 4.78 is 12.3. The minimum absolute atomic E-state index is 0.293. The fraction of sp³-hybridized carbons (Fsp3) is 0.440. The summed E-state index contributed by atoms with van der Waals surface area (Å²) in [6.07, 6.45) is 11.1. The Morgan fingerprint density at radius 1 is 0.929 bits per heavy atom. The van der Waals surface area contributed by atoms with E-state index in [0.29, 0.717) is 0 Å². The van der Waals surface area contributed by atoms with E-state index in [1.54, 1.807) is 0 Å². The molecule has 0 aromatic heterocycles. The first-order valence-corrected chi connectivity index (χ1v) is 10.3. The molecule has 0 bridgehead atoms. The number of aryl methyl sites for hydroxylation is 1. The number of hydrogen-bond acceptors (Lipinski definition) is 2. The fourth-order valence-electron chi connectivity index (χ4n) is 3.47. The Bertz CT molecular complexity index is 852. The normalized spacial score (nSPS) is 22.2. The number of hydrogen-bond donors (Lipinski definition) is 0. The van der Waals surface area contributed by atoms with Crippen LogP contribution < -0.4 is 0 Å². The average molecular weight is 376 g/mol. The van der Waals surface area contributed by atoms with Crippen LogP contribution in [0.2, 0.25) is 0 Å². The summed E-state index contributed by atoms with van der Waals surface area (Å²) in [5, 5.41) is 0. The van der Waals surface area contributed by atoms with Gasteiger partial charge in [-0.25, -0.2) is 0 Å². The van der Waals surface area contributed by atoms with Crippen molar-refractivity contribution in [3.63, 3.8) is 0 Å². The van der Waals surface area contributed by atoms with Gasteiger partial charge in [-0.15, -0.1) is 0 Å². The van der Waals surface area contributed by atoms with Gasteiger partial charge < -0.3 is 9.31 Å². The quantitative estimate of drug-likeness (QED) is 0.444. The number of benzene rings is 1. The molecule has 1 heterocycles. The molecule has 2 nitrogen and oxygen atoms in total. The Hall–Kier alpha value is -1.84. The first kappa shape index (κ1) is 20.9. The maximum absolute atomic E-state index is 6.16. The summed E-state index contributed by atoms with van der Waals surface area (Å²) in [7, 11) is -0.293. The van der Waals surface area contributed by atoms with Crippen molar-refractivity contribution in [1.29, 1.82) is 0 Å².